The van der Waals surface area contributed by atoms with E-state index in [1.807, 2.05) is 6.92 Å². The molecule has 12 N–H and O–H groups in total. The molecule has 3 fully saturated rings. The number of carbonyl (C=O) groups is 1. The lowest BCUT2D eigenvalue weighted by atomic mass is 9.96. The Morgan fingerprint density at radius 3 is 1.25 bits per heavy atom. The number of allylic oxidation sites excluding steroid dienone is 3. The highest BCUT2D eigenvalue weighted by atomic mass is 16.8. The molecule has 464 valence electrons. The van der Waals surface area contributed by atoms with Crippen molar-refractivity contribution in [2.45, 2.75) is 324 Å². The normalized spacial score (nSPS) is 30.4. The van der Waals surface area contributed by atoms with Gasteiger partial charge in [0.05, 0.1) is 38.6 Å². The van der Waals surface area contributed by atoms with Crippen molar-refractivity contribution >= 4 is 5.91 Å². The molecule has 1 amide bonds. The highest BCUT2D eigenvalue weighted by molar-refractivity contribution is 5.76. The molecule has 17 atom stereocenters. The van der Waals surface area contributed by atoms with E-state index in [-0.39, 0.29) is 18.9 Å². The second-order valence-corrected chi connectivity index (χ2v) is 22.5. The Morgan fingerprint density at radius 2 is 0.823 bits per heavy atom. The maximum absolute atomic E-state index is 13.1. The van der Waals surface area contributed by atoms with Crippen LogP contribution in [0.5, 0.6) is 0 Å². The first-order valence-electron chi connectivity index (χ1n) is 31.1. The Bertz CT molecular complexity index is 1540. The maximum atomic E-state index is 13.1. The zero-order valence-electron chi connectivity index (χ0n) is 48.4. The van der Waals surface area contributed by atoms with Gasteiger partial charge in [-0.05, 0) is 38.5 Å². The van der Waals surface area contributed by atoms with Crippen LogP contribution >= 0.6 is 0 Å². The topological polar surface area (TPSA) is 307 Å². The van der Waals surface area contributed by atoms with E-state index < -0.39 is 124 Å². The molecule has 3 aliphatic rings. The van der Waals surface area contributed by atoms with Gasteiger partial charge in [0.1, 0.15) is 73.2 Å². The first-order valence-corrected chi connectivity index (χ1v) is 31.1. The van der Waals surface area contributed by atoms with Crippen molar-refractivity contribution < 1.29 is 89.4 Å². The standard InChI is InChI=1S/C60H111NO18/c1-3-5-7-8-9-10-11-12-13-14-15-16-17-18-19-20-21-22-23-24-25-26-27-28-29-30-31-32-33-34-36-38-48(66)61-43(44(65)37-35-6-4-2)42-74-58-54(72)51(69)56(46(40-63)76-58)79-60-55(73)52(70)57(47(41-64)77-60)78-59-53(71)50(68)49(67)45(39-62)75-59/h14-15,35,37,43-47,49-60,62-65,67-73H,3-13,16-34,36,38-42H2,1-2H3,(H,61,66)/b15-14-,37-35+. The molecule has 79 heavy (non-hydrogen) atoms. The maximum Gasteiger partial charge on any atom is 0.220 e. The number of aliphatic hydroxyl groups excluding tert-OH is 11. The van der Waals surface area contributed by atoms with E-state index in [0.29, 0.717) is 12.8 Å². The summed E-state index contributed by atoms with van der Waals surface area (Å²) in [6.45, 7) is 1.49. The quantitative estimate of drug-likeness (QED) is 0.0248. The molecule has 0 aromatic heterocycles. The highest BCUT2D eigenvalue weighted by Gasteiger charge is 2.53. The van der Waals surface area contributed by atoms with Crippen molar-refractivity contribution in [2.75, 3.05) is 26.4 Å². The monoisotopic (exact) mass is 1130 g/mol. The van der Waals surface area contributed by atoms with E-state index in [1.54, 1.807) is 12.2 Å². The third-order valence-electron chi connectivity index (χ3n) is 15.7. The number of amides is 1. The summed E-state index contributed by atoms with van der Waals surface area (Å²) in [7, 11) is 0. The van der Waals surface area contributed by atoms with Crippen molar-refractivity contribution in [1.82, 2.24) is 5.32 Å². The van der Waals surface area contributed by atoms with Gasteiger partial charge in [0.15, 0.2) is 18.9 Å². The lowest BCUT2D eigenvalue weighted by Gasteiger charge is -2.48. The van der Waals surface area contributed by atoms with Crippen molar-refractivity contribution in [3.05, 3.63) is 24.3 Å². The SMILES string of the molecule is CCC/C=C/C(O)C(COC1OC(CO)C(OC2OC(CO)C(OC3OC(CO)C(O)C(O)C3O)C(O)C2O)C(O)C1O)NC(=O)CCCCCCCCCCCCCCCCCCCCC/C=C\CCCCCCCCCC. The van der Waals surface area contributed by atoms with Gasteiger partial charge in [-0.25, -0.2) is 0 Å². The molecule has 0 spiro atoms. The number of nitrogens with one attached hydrogen (secondary N) is 1. The number of carbonyl (C=O) groups excluding carboxylic acids is 1. The molecule has 0 aliphatic carbocycles. The summed E-state index contributed by atoms with van der Waals surface area (Å²) < 4.78 is 34.0. The predicted molar refractivity (Wildman–Crippen MR) is 300 cm³/mol. The molecular formula is C60H111NO18. The molecule has 17 unspecified atom stereocenters. The Hall–Kier alpha value is -1.73. The van der Waals surface area contributed by atoms with Crippen LogP contribution in [-0.4, -0.2) is 193 Å². The van der Waals surface area contributed by atoms with E-state index in [4.69, 9.17) is 28.4 Å². The molecule has 19 heteroatoms. The van der Waals surface area contributed by atoms with Crippen molar-refractivity contribution in [2.24, 2.45) is 0 Å². The summed E-state index contributed by atoms with van der Waals surface area (Å²) in [5, 5.41) is 119. The van der Waals surface area contributed by atoms with Crippen LogP contribution < -0.4 is 5.32 Å². The number of rotatable bonds is 46. The van der Waals surface area contributed by atoms with E-state index in [1.165, 1.54) is 161 Å². The lowest BCUT2D eigenvalue weighted by Crippen LogP contribution is -2.66. The van der Waals surface area contributed by atoms with Crippen molar-refractivity contribution in [3.8, 4) is 0 Å². The van der Waals surface area contributed by atoms with Gasteiger partial charge < -0.3 is 89.9 Å². The van der Waals surface area contributed by atoms with Crippen molar-refractivity contribution in [3.63, 3.8) is 0 Å². The Labute approximate surface area is 473 Å². The first kappa shape index (κ1) is 71.5. The summed E-state index contributed by atoms with van der Waals surface area (Å²) in [5.74, 6) is -0.285. The zero-order chi connectivity index (χ0) is 57.6. The van der Waals surface area contributed by atoms with Gasteiger partial charge in [-0.3, -0.25) is 4.79 Å². The molecule has 0 aromatic carbocycles. The third kappa shape index (κ3) is 27.7. The van der Waals surface area contributed by atoms with Gasteiger partial charge >= 0.3 is 0 Å². The summed E-state index contributed by atoms with van der Waals surface area (Å²) in [4.78, 5) is 13.1. The Morgan fingerprint density at radius 1 is 0.443 bits per heavy atom. The smallest absolute Gasteiger partial charge is 0.220 e. The number of ether oxygens (including phenoxy) is 6. The minimum absolute atomic E-state index is 0.244. The van der Waals surface area contributed by atoms with Crippen LogP contribution in [-0.2, 0) is 33.2 Å². The largest absolute Gasteiger partial charge is 0.394 e. The van der Waals surface area contributed by atoms with Crippen LogP contribution in [0.25, 0.3) is 0 Å². The fourth-order valence-electron chi connectivity index (χ4n) is 10.6. The van der Waals surface area contributed by atoms with E-state index in [2.05, 4.69) is 24.4 Å². The van der Waals surface area contributed by atoms with Crippen LogP contribution in [0.3, 0.4) is 0 Å². The van der Waals surface area contributed by atoms with Crippen LogP contribution in [0.15, 0.2) is 24.3 Å². The van der Waals surface area contributed by atoms with Gasteiger partial charge in [0.2, 0.25) is 5.91 Å². The van der Waals surface area contributed by atoms with Gasteiger partial charge in [-0.15, -0.1) is 0 Å². The first-order chi connectivity index (χ1) is 38.3. The molecule has 0 saturated carbocycles. The van der Waals surface area contributed by atoms with Gasteiger partial charge in [0.25, 0.3) is 0 Å². The van der Waals surface area contributed by atoms with Crippen LogP contribution in [0.4, 0.5) is 0 Å². The van der Waals surface area contributed by atoms with Gasteiger partial charge in [-0.2, -0.15) is 0 Å². The van der Waals surface area contributed by atoms with Crippen molar-refractivity contribution in [1.29, 1.82) is 0 Å². The van der Waals surface area contributed by atoms with Gasteiger partial charge in [-0.1, -0.05) is 199 Å². The molecule has 0 radical (unpaired) electrons. The number of hydrogen-bond donors (Lipinski definition) is 12. The Balaban J connectivity index is 1.26. The molecule has 3 heterocycles. The van der Waals surface area contributed by atoms with Crippen LogP contribution in [0.1, 0.15) is 219 Å². The van der Waals surface area contributed by atoms with Gasteiger partial charge in [0, 0.05) is 6.42 Å². The number of aliphatic hydroxyl groups is 11. The molecule has 3 rings (SSSR count). The summed E-state index contributed by atoms with van der Waals surface area (Å²) in [6.07, 6.45) is 20.4. The lowest BCUT2D eigenvalue weighted by molar-refractivity contribution is -0.379. The second kappa shape index (κ2) is 43.8. The molecule has 19 nitrogen and oxygen atoms in total. The summed E-state index contributed by atoms with van der Waals surface area (Å²) in [6, 6.07) is -0.965. The Kier molecular flexibility index (Phi) is 39.7. The summed E-state index contributed by atoms with van der Waals surface area (Å²) >= 11 is 0. The van der Waals surface area contributed by atoms with E-state index >= 15 is 0 Å². The number of unbranched alkanes of at least 4 members (excludes halogenated alkanes) is 28. The molecule has 3 saturated heterocycles. The van der Waals surface area contributed by atoms with Crippen LogP contribution in [0, 0.1) is 0 Å². The minimum Gasteiger partial charge on any atom is -0.394 e. The second-order valence-electron chi connectivity index (χ2n) is 22.5. The highest BCUT2D eigenvalue weighted by Crippen LogP contribution is 2.33. The van der Waals surface area contributed by atoms with Crippen LogP contribution in [0.2, 0.25) is 0 Å². The van der Waals surface area contributed by atoms with E-state index in [0.717, 1.165) is 25.7 Å². The molecule has 3 aliphatic heterocycles. The molecule has 0 aromatic rings. The molecular weight excluding hydrogens is 1020 g/mol. The molecule has 0 bridgehead atoms. The summed E-state index contributed by atoms with van der Waals surface area (Å²) in [5.41, 5.74) is 0. The minimum atomic E-state index is -1.97. The number of hydrogen-bond acceptors (Lipinski definition) is 18. The van der Waals surface area contributed by atoms with E-state index in [9.17, 15) is 61.0 Å². The third-order valence-corrected chi connectivity index (χ3v) is 15.7. The average molecular weight is 1130 g/mol. The average Bonchev–Trinajstić information content (AvgIpc) is 3.50. The zero-order valence-corrected chi connectivity index (χ0v) is 48.4. The predicted octanol–water partition coefficient (Wildman–Crippen LogP) is 5.93. The fraction of sp³-hybridized carbons (Fsp3) is 0.917. The fourth-order valence-corrected chi connectivity index (χ4v) is 10.6.